The molecule has 0 aliphatic heterocycles. The first-order valence-electron chi connectivity index (χ1n) is 4.74. The minimum absolute atomic E-state index is 0.00845. The first kappa shape index (κ1) is 12.7. The average Bonchev–Trinajstić information content (AvgIpc) is 1.98. The fraction of sp³-hybridized carbons (Fsp3) is 0.900. The molecule has 76 valence electrons. The Morgan fingerprint density at radius 3 is 2.15 bits per heavy atom. The van der Waals surface area contributed by atoms with E-state index in [-0.39, 0.29) is 11.0 Å². The Hall–Kier alpha value is -0.333. The molecule has 2 nitrogen and oxygen atoms in total. The van der Waals surface area contributed by atoms with E-state index in [1.807, 2.05) is 6.92 Å². The van der Waals surface area contributed by atoms with Gasteiger partial charge >= 0.3 is 0 Å². The molecule has 0 radical (unpaired) electrons. The summed E-state index contributed by atoms with van der Waals surface area (Å²) in [6.07, 6.45) is 0. The third kappa shape index (κ3) is 3.92. The van der Waals surface area contributed by atoms with E-state index in [2.05, 4.69) is 39.9 Å². The van der Waals surface area contributed by atoms with Crippen LogP contribution in [0.4, 0.5) is 0 Å². The fourth-order valence-corrected chi connectivity index (χ4v) is 1.69. The normalized spacial score (nSPS) is 15.2. The number of hydrogen-bond acceptors (Lipinski definition) is 2. The van der Waals surface area contributed by atoms with Gasteiger partial charge in [-0.3, -0.25) is 0 Å². The monoisotopic (exact) mass is 199 g/mol. The third-order valence-corrected chi connectivity index (χ3v) is 7.22. The molecular weight excluding hydrogens is 178 g/mol. The molecule has 0 N–H and O–H groups in total. The lowest BCUT2D eigenvalue weighted by Gasteiger charge is -2.36. The van der Waals surface area contributed by atoms with Gasteiger partial charge in [-0.15, -0.1) is 0 Å². The minimum Gasteiger partial charge on any atom is -0.416 e. The van der Waals surface area contributed by atoms with Crippen LogP contribution >= 0.6 is 0 Å². The highest BCUT2D eigenvalue weighted by Crippen LogP contribution is 2.36. The molecule has 0 heterocycles. The maximum Gasteiger partial charge on any atom is 0.192 e. The van der Waals surface area contributed by atoms with Crippen molar-refractivity contribution in [3.8, 4) is 6.07 Å². The molecule has 0 aromatic rings. The summed E-state index contributed by atoms with van der Waals surface area (Å²) in [7, 11) is -1.64. The molecule has 0 aliphatic rings. The van der Waals surface area contributed by atoms with Gasteiger partial charge in [-0.1, -0.05) is 20.8 Å². The molecule has 0 rings (SSSR count). The Kier molecular flexibility index (Phi) is 4.14. The first-order valence-corrected chi connectivity index (χ1v) is 7.65. The maximum atomic E-state index is 8.62. The molecule has 0 aliphatic carbocycles. The summed E-state index contributed by atoms with van der Waals surface area (Å²) < 4.78 is 5.86. The van der Waals surface area contributed by atoms with Crippen LogP contribution in [0.15, 0.2) is 0 Å². The van der Waals surface area contributed by atoms with Gasteiger partial charge in [-0.2, -0.15) is 5.26 Å². The molecule has 0 fully saturated rings. The van der Waals surface area contributed by atoms with Crippen LogP contribution in [0.3, 0.4) is 0 Å². The molecule has 0 bridgehead atoms. The lowest BCUT2D eigenvalue weighted by molar-refractivity contribution is 0.262. The summed E-state index contributed by atoms with van der Waals surface area (Å²) in [6, 6.07) is 2.19. The van der Waals surface area contributed by atoms with Gasteiger partial charge in [0.05, 0.1) is 12.0 Å². The molecule has 3 heteroatoms. The first-order chi connectivity index (χ1) is 5.70. The summed E-state index contributed by atoms with van der Waals surface area (Å²) in [6.45, 7) is 13.5. The van der Waals surface area contributed by atoms with E-state index >= 15 is 0 Å². The van der Waals surface area contributed by atoms with Crippen molar-refractivity contribution in [3.63, 3.8) is 0 Å². The molecule has 0 saturated heterocycles. The Morgan fingerprint density at radius 1 is 1.38 bits per heavy atom. The van der Waals surface area contributed by atoms with Crippen molar-refractivity contribution in [2.45, 2.75) is 45.8 Å². The van der Waals surface area contributed by atoms with Gasteiger partial charge in [0, 0.05) is 6.61 Å². The number of nitriles is 1. The van der Waals surface area contributed by atoms with E-state index in [9.17, 15) is 0 Å². The average molecular weight is 199 g/mol. The van der Waals surface area contributed by atoms with Crippen LogP contribution in [-0.4, -0.2) is 14.9 Å². The number of rotatable bonds is 3. The van der Waals surface area contributed by atoms with Crippen molar-refractivity contribution in [1.29, 1.82) is 5.26 Å². The van der Waals surface area contributed by atoms with Gasteiger partial charge in [0.15, 0.2) is 8.32 Å². The summed E-state index contributed by atoms with van der Waals surface area (Å²) >= 11 is 0. The fourth-order valence-electron chi connectivity index (χ4n) is 0.587. The van der Waals surface area contributed by atoms with E-state index in [4.69, 9.17) is 9.69 Å². The lowest BCUT2D eigenvalue weighted by atomic mass is 10.2. The van der Waals surface area contributed by atoms with Crippen molar-refractivity contribution < 1.29 is 4.43 Å². The van der Waals surface area contributed by atoms with Crippen LogP contribution < -0.4 is 0 Å². The second-order valence-corrected chi connectivity index (χ2v) is 9.91. The van der Waals surface area contributed by atoms with Crippen LogP contribution in [0.1, 0.15) is 27.7 Å². The van der Waals surface area contributed by atoms with Crippen LogP contribution in [0, 0.1) is 17.2 Å². The van der Waals surface area contributed by atoms with Gasteiger partial charge in [-0.05, 0) is 25.1 Å². The second-order valence-electron chi connectivity index (χ2n) is 5.10. The van der Waals surface area contributed by atoms with Crippen molar-refractivity contribution in [2.24, 2.45) is 5.92 Å². The summed E-state index contributed by atoms with van der Waals surface area (Å²) in [5.41, 5.74) is 0. The van der Waals surface area contributed by atoms with Crippen LogP contribution in [0.25, 0.3) is 0 Å². The van der Waals surface area contributed by atoms with E-state index in [0.29, 0.717) is 6.61 Å². The zero-order valence-corrected chi connectivity index (χ0v) is 10.6. The third-order valence-electron chi connectivity index (χ3n) is 2.72. The predicted molar refractivity (Wildman–Crippen MR) is 57.9 cm³/mol. The van der Waals surface area contributed by atoms with Gasteiger partial charge in [-0.25, -0.2) is 0 Å². The zero-order valence-electron chi connectivity index (χ0n) is 9.64. The smallest absolute Gasteiger partial charge is 0.192 e. The highest BCUT2D eigenvalue weighted by molar-refractivity contribution is 6.74. The zero-order chi connectivity index (χ0) is 10.7. The van der Waals surface area contributed by atoms with Gasteiger partial charge in [0.25, 0.3) is 0 Å². The highest BCUT2D eigenvalue weighted by Gasteiger charge is 2.37. The Labute approximate surface area is 83.0 Å². The second kappa shape index (κ2) is 4.25. The van der Waals surface area contributed by atoms with Crippen LogP contribution in [-0.2, 0) is 4.43 Å². The van der Waals surface area contributed by atoms with Gasteiger partial charge in [0.2, 0.25) is 0 Å². The van der Waals surface area contributed by atoms with Crippen molar-refractivity contribution in [1.82, 2.24) is 0 Å². The molecule has 0 unspecified atom stereocenters. The molecule has 0 saturated carbocycles. The molecule has 0 aromatic carbocycles. The Balaban J connectivity index is 4.14. The number of nitrogens with zero attached hydrogens (tertiary/aromatic N) is 1. The summed E-state index contributed by atoms with van der Waals surface area (Å²) in [4.78, 5) is 0. The van der Waals surface area contributed by atoms with E-state index in [1.165, 1.54) is 0 Å². The standard InChI is InChI=1S/C10H21NOSi/c1-9(7-11)8-12-13(5,6)10(2,3)4/h9H,8H2,1-6H3/t9-/m1/s1. The lowest BCUT2D eigenvalue weighted by Crippen LogP contribution is -2.41. The van der Waals surface area contributed by atoms with Gasteiger partial charge in [0.1, 0.15) is 0 Å². The van der Waals surface area contributed by atoms with Crippen molar-refractivity contribution in [2.75, 3.05) is 6.61 Å². The molecule has 0 aromatic heterocycles. The topological polar surface area (TPSA) is 33.0 Å². The van der Waals surface area contributed by atoms with Crippen LogP contribution in [0.2, 0.25) is 18.1 Å². The molecule has 0 spiro atoms. The highest BCUT2D eigenvalue weighted by atomic mass is 28.4. The van der Waals surface area contributed by atoms with E-state index in [0.717, 1.165) is 0 Å². The summed E-state index contributed by atoms with van der Waals surface area (Å²) in [5.74, 6) is 0.00845. The minimum atomic E-state index is -1.64. The van der Waals surface area contributed by atoms with Crippen LogP contribution in [0.5, 0.6) is 0 Å². The quantitative estimate of drug-likeness (QED) is 0.654. The number of hydrogen-bond donors (Lipinski definition) is 0. The molecule has 0 amide bonds. The largest absolute Gasteiger partial charge is 0.416 e. The molecular formula is C10H21NOSi. The summed E-state index contributed by atoms with van der Waals surface area (Å²) in [5, 5.41) is 8.86. The van der Waals surface area contributed by atoms with E-state index in [1.54, 1.807) is 0 Å². The predicted octanol–water partition coefficient (Wildman–Crippen LogP) is 3.17. The SMILES string of the molecule is C[C@H](C#N)CO[Si](C)(C)C(C)(C)C. The molecule has 1 atom stereocenters. The Morgan fingerprint density at radius 2 is 1.85 bits per heavy atom. The van der Waals surface area contributed by atoms with E-state index < -0.39 is 8.32 Å². The van der Waals surface area contributed by atoms with Gasteiger partial charge < -0.3 is 4.43 Å². The maximum absolute atomic E-state index is 8.62. The Bertz CT molecular complexity index is 200. The molecule has 13 heavy (non-hydrogen) atoms. The van der Waals surface area contributed by atoms with Crippen molar-refractivity contribution in [3.05, 3.63) is 0 Å². The van der Waals surface area contributed by atoms with Crippen molar-refractivity contribution >= 4 is 8.32 Å².